The second-order valence-corrected chi connectivity index (χ2v) is 5.41. The van der Waals surface area contributed by atoms with Gasteiger partial charge >= 0.3 is 6.03 Å². The number of nitrogens with one attached hydrogen (secondary N) is 2. The highest BCUT2D eigenvalue weighted by atomic mass is 16.5. The lowest BCUT2D eigenvalue weighted by Crippen LogP contribution is -2.40. The van der Waals surface area contributed by atoms with Gasteiger partial charge in [0.2, 0.25) is 0 Å². The Bertz CT molecular complexity index is 527. The highest BCUT2D eigenvalue weighted by Crippen LogP contribution is 2.39. The molecule has 1 fully saturated rings. The zero-order valence-corrected chi connectivity index (χ0v) is 11.6. The minimum Gasteiger partial charge on any atom is -0.492 e. The number of ether oxygens (including phenoxy) is 1. The number of hydrogen-bond acceptors (Lipinski definition) is 2. The van der Waals surface area contributed by atoms with Gasteiger partial charge in [0.05, 0.1) is 12.3 Å². The van der Waals surface area contributed by atoms with Crippen LogP contribution in [0.1, 0.15) is 19.8 Å². The average Bonchev–Trinajstić information content (AvgIpc) is 3.03. The van der Waals surface area contributed by atoms with Crippen LogP contribution in [-0.2, 0) is 0 Å². The molecule has 0 aliphatic heterocycles. The molecule has 3 atom stereocenters. The number of para-hydroxylation sites is 2. The molecule has 3 rings (SSSR count). The van der Waals surface area contributed by atoms with Crippen LogP contribution in [0.4, 0.5) is 10.5 Å². The van der Waals surface area contributed by atoms with Crippen molar-refractivity contribution in [1.29, 1.82) is 0 Å². The van der Waals surface area contributed by atoms with Gasteiger partial charge in [0.15, 0.2) is 0 Å². The van der Waals surface area contributed by atoms with E-state index < -0.39 is 0 Å². The largest absolute Gasteiger partial charge is 0.492 e. The molecule has 4 nitrogen and oxygen atoms in total. The molecule has 1 saturated carbocycles. The lowest BCUT2D eigenvalue weighted by molar-refractivity contribution is 0.246. The van der Waals surface area contributed by atoms with Gasteiger partial charge in [0.25, 0.3) is 0 Å². The summed E-state index contributed by atoms with van der Waals surface area (Å²) in [5.41, 5.74) is 0.713. The van der Waals surface area contributed by atoms with E-state index in [9.17, 15) is 4.79 Å². The number of carbonyl (C=O) groups is 1. The number of rotatable bonds is 4. The van der Waals surface area contributed by atoms with Gasteiger partial charge in [0, 0.05) is 6.04 Å². The molecule has 2 N–H and O–H groups in total. The lowest BCUT2D eigenvalue weighted by atomic mass is 10.0. The molecule has 3 unspecified atom stereocenters. The lowest BCUT2D eigenvalue weighted by Gasteiger charge is -2.20. The van der Waals surface area contributed by atoms with Crippen LogP contribution in [0.15, 0.2) is 36.4 Å². The molecule has 0 saturated heterocycles. The van der Waals surface area contributed by atoms with Crippen LogP contribution in [0, 0.1) is 11.8 Å². The maximum atomic E-state index is 12.1. The molecule has 0 heterocycles. The van der Waals surface area contributed by atoms with E-state index in [-0.39, 0.29) is 12.1 Å². The molecule has 1 aromatic rings. The SMILES string of the molecule is CCOc1ccccc1NC(=O)NC1CC2C=CC1C2. The third kappa shape index (κ3) is 2.64. The Morgan fingerprint density at radius 1 is 1.30 bits per heavy atom. The van der Waals surface area contributed by atoms with E-state index in [0.29, 0.717) is 29.9 Å². The molecule has 2 bridgehead atoms. The first-order chi connectivity index (χ1) is 9.76. The van der Waals surface area contributed by atoms with Crippen LogP contribution in [0.5, 0.6) is 5.75 Å². The number of benzene rings is 1. The van der Waals surface area contributed by atoms with Crippen molar-refractivity contribution < 1.29 is 9.53 Å². The Morgan fingerprint density at radius 2 is 2.15 bits per heavy atom. The van der Waals surface area contributed by atoms with Gasteiger partial charge in [-0.25, -0.2) is 4.79 Å². The fourth-order valence-corrected chi connectivity index (χ4v) is 3.12. The van der Waals surface area contributed by atoms with Crippen molar-refractivity contribution in [3.05, 3.63) is 36.4 Å². The summed E-state index contributed by atoms with van der Waals surface area (Å²) in [6.07, 6.45) is 6.74. The zero-order valence-electron chi connectivity index (χ0n) is 11.6. The summed E-state index contributed by atoms with van der Waals surface area (Å²) in [5.74, 6) is 1.87. The molecule has 1 aromatic carbocycles. The number of amides is 2. The van der Waals surface area contributed by atoms with Crippen molar-refractivity contribution in [3.63, 3.8) is 0 Å². The van der Waals surface area contributed by atoms with Crippen LogP contribution >= 0.6 is 0 Å². The highest BCUT2D eigenvalue weighted by Gasteiger charge is 2.36. The van der Waals surface area contributed by atoms with E-state index in [0.717, 1.165) is 6.42 Å². The summed E-state index contributed by atoms with van der Waals surface area (Å²) in [7, 11) is 0. The van der Waals surface area contributed by atoms with Crippen LogP contribution in [0.2, 0.25) is 0 Å². The minimum absolute atomic E-state index is 0.150. The van der Waals surface area contributed by atoms with Gasteiger partial charge in [0.1, 0.15) is 5.75 Å². The maximum absolute atomic E-state index is 12.1. The van der Waals surface area contributed by atoms with Crippen molar-refractivity contribution in [2.24, 2.45) is 11.8 Å². The molecule has 4 heteroatoms. The maximum Gasteiger partial charge on any atom is 0.319 e. The molecular weight excluding hydrogens is 252 g/mol. The van der Waals surface area contributed by atoms with Crippen molar-refractivity contribution in [2.45, 2.75) is 25.8 Å². The van der Waals surface area contributed by atoms with Gasteiger partial charge in [-0.2, -0.15) is 0 Å². The molecule has 2 aliphatic carbocycles. The number of anilines is 1. The molecule has 0 radical (unpaired) electrons. The molecule has 2 aliphatic rings. The van der Waals surface area contributed by atoms with Crippen LogP contribution in [0.3, 0.4) is 0 Å². The number of hydrogen-bond donors (Lipinski definition) is 2. The standard InChI is InChI=1S/C16H20N2O2/c1-2-20-15-6-4-3-5-13(15)17-16(19)18-14-10-11-7-8-12(14)9-11/h3-8,11-12,14H,2,9-10H2,1H3,(H2,17,18,19). The fraction of sp³-hybridized carbons (Fsp3) is 0.438. The second-order valence-electron chi connectivity index (χ2n) is 5.41. The van der Waals surface area contributed by atoms with Crippen LogP contribution < -0.4 is 15.4 Å². The summed E-state index contributed by atoms with van der Waals surface area (Å²) in [5, 5.41) is 5.95. The van der Waals surface area contributed by atoms with Gasteiger partial charge in [-0.1, -0.05) is 24.3 Å². The zero-order chi connectivity index (χ0) is 13.9. The summed E-state index contributed by atoms with van der Waals surface area (Å²) in [6, 6.07) is 7.62. The van der Waals surface area contributed by atoms with Crippen molar-refractivity contribution in [2.75, 3.05) is 11.9 Å². The Morgan fingerprint density at radius 3 is 2.85 bits per heavy atom. The van der Waals surface area contributed by atoms with Gasteiger partial charge in [-0.05, 0) is 43.7 Å². The Balaban J connectivity index is 1.60. The predicted molar refractivity (Wildman–Crippen MR) is 78.9 cm³/mol. The highest BCUT2D eigenvalue weighted by molar-refractivity contribution is 5.91. The van der Waals surface area contributed by atoms with Crippen LogP contribution in [0.25, 0.3) is 0 Å². The first-order valence-corrected chi connectivity index (χ1v) is 7.24. The van der Waals surface area contributed by atoms with Crippen LogP contribution in [-0.4, -0.2) is 18.7 Å². The predicted octanol–water partition coefficient (Wildman–Crippen LogP) is 3.17. The molecule has 2 amide bonds. The number of fused-ring (bicyclic) bond motifs is 2. The van der Waals surface area contributed by atoms with Gasteiger partial charge in [-0.15, -0.1) is 0 Å². The van der Waals surface area contributed by atoms with Gasteiger partial charge in [-0.3, -0.25) is 0 Å². The first kappa shape index (κ1) is 13.0. The molecule has 0 spiro atoms. The van der Waals surface area contributed by atoms with Gasteiger partial charge < -0.3 is 15.4 Å². The number of allylic oxidation sites excluding steroid dienone is 1. The summed E-state index contributed by atoms with van der Waals surface area (Å²) >= 11 is 0. The normalized spacial score (nSPS) is 26.6. The number of carbonyl (C=O) groups excluding carboxylic acids is 1. The van der Waals surface area contributed by atoms with E-state index in [4.69, 9.17) is 4.74 Å². The quantitative estimate of drug-likeness (QED) is 0.827. The first-order valence-electron chi connectivity index (χ1n) is 7.24. The fourth-order valence-electron chi connectivity index (χ4n) is 3.12. The topological polar surface area (TPSA) is 50.4 Å². The third-order valence-electron chi connectivity index (χ3n) is 4.03. The van der Waals surface area contributed by atoms with E-state index >= 15 is 0 Å². The average molecular weight is 272 g/mol. The molecule has 0 aromatic heterocycles. The van der Waals surface area contributed by atoms with Crippen molar-refractivity contribution >= 4 is 11.7 Å². The molecule has 20 heavy (non-hydrogen) atoms. The molecular formula is C16H20N2O2. The Labute approximate surface area is 119 Å². The minimum atomic E-state index is -0.150. The van der Waals surface area contributed by atoms with E-state index in [1.807, 2.05) is 31.2 Å². The molecule has 106 valence electrons. The van der Waals surface area contributed by atoms with Crippen molar-refractivity contribution in [3.8, 4) is 5.75 Å². The smallest absolute Gasteiger partial charge is 0.319 e. The third-order valence-corrected chi connectivity index (χ3v) is 4.03. The second kappa shape index (κ2) is 5.57. The van der Waals surface area contributed by atoms with E-state index in [1.54, 1.807) is 0 Å². The summed E-state index contributed by atoms with van der Waals surface area (Å²) < 4.78 is 5.50. The van der Waals surface area contributed by atoms with E-state index in [1.165, 1.54) is 6.42 Å². The summed E-state index contributed by atoms with van der Waals surface area (Å²) in [4.78, 5) is 12.1. The number of urea groups is 1. The monoisotopic (exact) mass is 272 g/mol. The van der Waals surface area contributed by atoms with E-state index in [2.05, 4.69) is 22.8 Å². The Hall–Kier alpha value is -1.97. The van der Waals surface area contributed by atoms with Crippen molar-refractivity contribution in [1.82, 2.24) is 5.32 Å². The summed E-state index contributed by atoms with van der Waals surface area (Å²) in [6.45, 7) is 2.51. The Kier molecular flexibility index (Phi) is 3.63.